The van der Waals surface area contributed by atoms with Gasteiger partial charge in [-0.2, -0.15) is 0 Å². The van der Waals surface area contributed by atoms with Gasteiger partial charge in [0.05, 0.1) is 13.0 Å². The molecule has 0 aliphatic carbocycles. The first-order chi connectivity index (χ1) is 7.63. The highest BCUT2D eigenvalue weighted by Gasteiger charge is 2.10. The zero-order chi connectivity index (χ0) is 12.0. The Morgan fingerprint density at radius 3 is 2.56 bits per heavy atom. The van der Waals surface area contributed by atoms with Crippen molar-refractivity contribution < 1.29 is 14.3 Å². The standard InChI is InChI=1S/C12H17NO3/c1-3-15-10-6-4-5-7-11(10)16-9(2)8-12(13)14/h4-7,9H,3,8H2,1-2H3,(H2,13,14). The van der Waals surface area contributed by atoms with Gasteiger partial charge in [-0.1, -0.05) is 12.1 Å². The van der Waals surface area contributed by atoms with Gasteiger partial charge < -0.3 is 15.2 Å². The quantitative estimate of drug-likeness (QED) is 0.798. The lowest BCUT2D eigenvalue weighted by molar-refractivity contribution is -0.119. The Balaban J connectivity index is 2.68. The van der Waals surface area contributed by atoms with E-state index < -0.39 is 0 Å². The maximum atomic E-state index is 10.7. The summed E-state index contributed by atoms with van der Waals surface area (Å²) in [5.74, 6) is 0.945. The lowest BCUT2D eigenvalue weighted by Crippen LogP contribution is -2.22. The zero-order valence-corrected chi connectivity index (χ0v) is 9.60. The van der Waals surface area contributed by atoms with Crippen molar-refractivity contribution in [2.75, 3.05) is 6.61 Å². The van der Waals surface area contributed by atoms with Crippen LogP contribution in [0.5, 0.6) is 11.5 Å². The summed E-state index contributed by atoms with van der Waals surface area (Å²) >= 11 is 0. The minimum absolute atomic E-state index is 0.195. The van der Waals surface area contributed by atoms with Crippen LogP contribution >= 0.6 is 0 Å². The lowest BCUT2D eigenvalue weighted by atomic mass is 10.2. The summed E-state index contributed by atoms with van der Waals surface area (Å²) in [4.78, 5) is 10.7. The van der Waals surface area contributed by atoms with Crippen molar-refractivity contribution in [3.8, 4) is 11.5 Å². The maximum Gasteiger partial charge on any atom is 0.221 e. The van der Waals surface area contributed by atoms with E-state index in [2.05, 4.69) is 0 Å². The summed E-state index contributed by atoms with van der Waals surface area (Å²) in [6.07, 6.45) is -0.0559. The van der Waals surface area contributed by atoms with E-state index in [9.17, 15) is 4.79 Å². The number of rotatable bonds is 6. The molecule has 0 fully saturated rings. The van der Waals surface area contributed by atoms with Crippen LogP contribution < -0.4 is 15.2 Å². The number of amides is 1. The second-order valence-electron chi connectivity index (χ2n) is 3.48. The molecule has 16 heavy (non-hydrogen) atoms. The van der Waals surface area contributed by atoms with E-state index in [4.69, 9.17) is 15.2 Å². The van der Waals surface area contributed by atoms with Crippen LogP contribution in [0.1, 0.15) is 20.3 Å². The summed E-state index contributed by atoms with van der Waals surface area (Å²) in [6.45, 7) is 4.28. The molecule has 1 aromatic rings. The topological polar surface area (TPSA) is 61.6 Å². The van der Waals surface area contributed by atoms with E-state index in [0.717, 1.165) is 0 Å². The van der Waals surface area contributed by atoms with E-state index >= 15 is 0 Å². The van der Waals surface area contributed by atoms with Gasteiger partial charge in [-0.05, 0) is 26.0 Å². The SMILES string of the molecule is CCOc1ccccc1OC(C)CC(N)=O. The van der Waals surface area contributed by atoms with Gasteiger partial charge in [0.1, 0.15) is 6.10 Å². The van der Waals surface area contributed by atoms with Crippen LogP contribution in [0, 0.1) is 0 Å². The van der Waals surface area contributed by atoms with Crippen molar-refractivity contribution in [1.82, 2.24) is 0 Å². The second kappa shape index (κ2) is 6.00. The number of hydrogen-bond acceptors (Lipinski definition) is 3. The van der Waals surface area contributed by atoms with Gasteiger partial charge in [0, 0.05) is 0 Å². The zero-order valence-electron chi connectivity index (χ0n) is 9.60. The average Bonchev–Trinajstić information content (AvgIpc) is 2.20. The molecule has 0 radical (unpaired) electrons. The molecule has 0 saturated carbocycles. The first kappa shape index (κ1) is 12.4. The smallest absolute Gasteiger partial charge is 0.221 e. The molecule has 0 bridgehead atoms. The van der Waals surface area contributed by atoms with Crippen LogP contribution in [0.25, 0.3) is 0 Å². The molecule has 88 valence electrons. The Labute approximate surface area is 95.3 Å². The minimum Gasteiger partial charge on any atom is -0.490 e. The number of benzene rings is 1. The lowest BCUT2D eigenvalue weighted by Gasteiger charge is -2.16. The van der Waals surface area contributed by atoms with Gasteiger partial charge >= 0.3 is 0 Å². The molecule has 1 rings (SSSR count). The third-order valence-electron chi connectivity index (χ3n) is 1.97. The van der Waals surface area contributed by atoms with Gasteiger partial charge in [0.2, 0.25) is 5.91 Å². The molecular weight excluding hydrogens is 206 g/mol. The van der Waals surface area contributed by atoms with Crippen molar-refractivity contribution in [2.24, 2.45) is 5.73 Å². The Bertz CT molecular complexity index is 352. The van der Waals surface area contributed by atoms with Gasteiger partial charge in [-0.15, -0.1) is 0 Å². The summed E-state index contributed by atoms with van der Waals surface area (Å²) in [6, 6.07) is 7.36. The third kappa shape index (κ3) is 3.81. The van der Waals surface area contributed by atoms with Crippen molar-refractivity contribution in [2.45, 2.75) is 26.4 Å². The molecule has 1 aromatic carbocycles. The van der Waals surface area contributed by atoms with Crippen molar-refractivity contribution in [3.63, 3.8) is 0 Å². The number of carbonyl (C=O) groups is 1. The highest BCUT2D eigenvalue weighted by atomic mass is 16.5. The molecule has 0 aliphatic heterocycles. The molecule has 0 saturated heterocycles. The second-order valence-corrected chi connectivity index (χ2v) is 3.48. The molecule has 4 nitrogen and oxygen atoms in total. The van der Waals surface area contributed by atoms with Crippen LogP contribution in [0.4, 0.5) is 0 Å². The number of primary amides is 1. The molecule has 0 spiro atoms. The van der Waals surface area contributed by atoms with E-state index in [-0.39, 0.29) is 18.4 Å². The van der Waals surface area contributed by atoms with Crippen LogP contribution in [0.3, 0.4) is 0 Å². The van der Waals surface area contributed by atoms with Crippen LogP contribution in [-0.2, 0) is 4.79 Å². The Morgan fingerprint density at radius 2 is 2.00 bits per heavy atom. The monoisotopic (exact) mass is 223 g/mol. The fourth-order valence-electron chi connectivity index (χ4n) is 1.36. The third-order valence-corrected chi connectivity index (χ3v) is 1.97. The minimum atomic E-state index is -0.374. The summed E-state index contributed by atoms with van der Waals surface area (Å²) in [5, 5.41) is 0. The summed E-state index contributed by atoms with van der Waals surface area (Å²) in [7, 11) is 0. The highest BCUT2D eigenvalue weighted by molar-refractivity contribution is 5.74. The first-order valence-electron chi connectivity index (χ1n) is 5.30. The van der Waals surface area contributed by atoms with Gasteiger partial charge in [-0.3, -0.25) is 4.79 Å². The fourth-order valence-corrected chi connectivity index (χ4v) is 1.36. The van der Waals surface area contributed by atoms with Gasteiger partial charge in [0.15, 0.2) is 11.5 Å². The van der Waals surface area contributed by atoms with Crippen molar-refractivity contribution in [1.29, 1.82) is 0 Å². The highest BCUT2D eigenvalue weighted by Crippen LogP contribution is 2.27. The van der Waals surface area contributed by atoms with Crippen LogP contribution in [0.2, 0.25) is 0 Å². The van der Waals surface area contributed by atoms with E-state index in [1.54, 1.807) is 6.92 Å². The number of hydrogen-bond donors (Lipinski definition) is 1. The number of ether oxygens (including phenoxy) is 2. The fraction of sp³-hybridized carbons (Fsp3) is 0.417. The first-order valence-corrected chi connectivity index (χ1v) is 5.30. The van der Waals surface area contributed by atoms with Crippen LogP contribution in [0.15, 0.2) is 24.3 Å². The molecular formula is C12H17NO3. The van der Waals surface area contributed by atoms with Gasteiger partial charge in [0.25, 0.3) is 0 Å². The number of carbonyl (C=O) groups excluding carboxylic acids is 1. The van der Waals surface area contributed by atoms with E-state index in [0.29, 0.717) is 18.1 Å². The normalized spacial score (nSPS) is 11.9. The molecule has 1 atom stereocenters. The van der Waals surface area contributed by atoms with Gasteiger partial charge in [-0.25, -0.2) is 0 Å². The summed E-state index contributed by atoms with van der Waals surface area (Å²) in [5.41, 5.74) is 5.09. The van der Waals surface area contributed by atoms with E-state index in [1.807, 2.05) is 31.2 Å². The largest absolute Gasteiger partial charge is 0.490 e. The maximum absolute atomic E-state index is 10.7. The average molecular weight is 223 g/mol. The predicted octanol–water partition coefficient (Wildman–Crippen LogP) is 1.73. The molecule has 0 aliphatic rings. The molecule has 4 heteroatoms. The Hall–Kier alpha value is -1.71. The Kier molecular flexibility index (Phi) is 4.64. The molecule has 0 heterocycles. The molecule has 0 aromatic heterocycles. The Morgan fingerprint density at radius 1 is 1.38 bits per heavy atom. The van der Waals surface area contributed by atoms with Crippen LogP contribution in [-0.4, -0.2) is 18.6 Å². The molecule has 1 amide bonds. The number of para-hydroxylation sites is 2. The van der Waals surface area contributed by atoms with Crippen molar-refractivity contribution in [3.05, 3.63) is 24.3 Å². The molecule has 1 unspecified atom stereocenters. The number of nitrogens with two attached hydrogens (primary N) is 1. The summed E-state index contributed by atoms with van der Waals surface area (Å²) < 4.78 is 11.0. The molecule has 2 N–H and O–H groups in total. The van der Waals surface area contributed by atoms with E-state index in [1.165, 1.54) is 0 Å². The van der Waals surface area contributed by atoms with Crippen molar-refractivity contribution >= 4 is 5.91 Å². The predicted molar refractivity (Wildman–Crippen MR) is 61.5 cm³/mol.